The first kappa shape index (κ1) is 15.8. The van der Waals surface area contributed by atoms with E-state index in [9.17, 15) is 4.79 Å². The van der Waals surface area contributed by atoms with Crippen molar-refractivity contribution in [2.24, 2.45) is 0 Å². The van der Waals surface area contributed by atoms with Crippen LogP contribution in [0.3, 0.4) is 0 Å². The Morgan fingerprint density at radius 3 is 2.71 bits per heavy atom. The largest absolute Gasteiger partial charge is 0.493 e. The van der Waals surface area contributed by atoms with E-state index in [1.807, 2.05) is 26.0 Å². The van der Waals surface area contributed by atoms with Crippen molar-refractivity contribution < 1.29 is 14.3 Å². The molecule has 0 spiro atoms. The Hall–Kier alpha value is -1.55. The number of esters is 1. The Morgan fingerprint density at radius 1 is 1.38 bits per heavy atom. The van der Waals surface area contributed by atoms with Gasteiger partial charge in [0.25, 0.3) is 0 Å². The Balaban J connectivity index is 1.95. The topological polar surface area (TPSA) is 47.6 Å². The number of ether oxygens (including phenoxy) is 2. The maximum Gasteiger partial charge on any atom is 0.325 e. The van der Waals surface area contributed by atoms with Crippen LogP contribution in [-0.4, -0.2) is 31.3 Å². The molecule has 0 heterocycles. The first-order valence-electron chi connectivity index (χ1n) is 7.51. The predicted molar refractivity (Wildman–Crippen MR) is 82.6 cm³/mol. The maximum atomic E-state index is 12.0. The molecule has 1 aliphatic rings. The van der Waals surface area contributed by atoms with E-state index in [0.29, 0.717) is 19.1 Å². The molecule has 1 aliphatic carbocycles. The standard InChI is InChI=1S/C17H25NO3/c1-12-6-5-7-15(13(12)2)21-11-10-17(3,16(19)20-4)18-14-8-9-14/h5-7,14,18H,8-11H2,1-4H3. The van der Waals surface area contributed by atoms with Crippen molar-refractivity contribution in [3.63, 3.8) is 0 Å². The fraction of sp³-hybridized carbons (Fsp3) is 0.588. The van der Waals surface area contributed by atoms with Crippen LogP contribution in [0.25, 0.3) is 0 Å². The van der Waals surface area contributed by atoms with Crippen molar-refractivity contribution in [2.75, 3.05) is 13.7 Å². The molecular weight excluding hydrogens is 266 g/mol. The number of nitrogens with one attached hydrogen (secondary N) is 1. The molecule has 1 saturated carbocycles. The van der Waals surface area contributed by atoms with Gasteiger partial charge >= 0.3 is 5.97 Å². The molecule has 0 bridgehead atoms. The quantitative estimate of drug-likeness (QED) is 0.785. The molecule has 1 aromatic rings. The van der Waals surface area contributed by atoms with Crippen molar-refractivity contribution in [3.8, 4) is 5.75 Å². The number of hydrogen-bond acceptors (Lipinski definition) is 4. The molecule has 4 heteroatoms. The summed E-state index contributed by atoms with van der Waals surface area (Å²) in [5.74, 6) is 0.660. The van der Waals surface area contributed by atoms with E-state index in [0.717, 1.165) is 24.2 Å². The predicted octanol–water partition coefficient (Wildman–Crippen LogP) is 2.76. The summed E-state index contributed by atoms with van der Waals surface area (Å²) >= 11 is 0. The normalized spacial score (nSPS) is 17.1. The number of benzene rings is 1. The van der Waals surface area contributed by atoms with Gasteiger partial charge in [0.2, 0.25) is 0 Å². The molecule has 4 nitrogen and oxygen atoms in total. The third-order valence-corrected chi connectivity index (χ3v) is 4.15. The highest BCUT2D eigenvalue weighted by molar-refractivity contribution is 5.80. The number of aryl methyl sites for hydroxylation is 1. The highest BCUT2D eigenvalue weighted by atomic mass is 16.5. The molecule has 1 aromatic carbocycles. The van der Waals surface area contributed by atoms with Crippen molar-refractivity contribution in [2.45, 2.75) is 51.6 Å². The molecule has 0 amide bonds. The summed E-state index contributed by atoms with van der Waals surface area (Å²) in [6, 6.07) is 6.45. The minimum Gasteiger partial charge on any atom is -0.493 e. The highest BCUT2D eigenvalue weighted by Crippen LogP contribution is 2.26. The van der Waals surface area contributed by atoms with Crippen molar-refractivity contribution >= 4 is 5.97 Å². The highest BCUT2D eigenvalue weighted by Gasteiger charge is 2.39. The molecule has 1 fully saturated rings. The number of carbonyl (C=O) groups excluding carboxylic acids is 1. The summed E-state index contributed by atoms with van der Waals surface area (Å²) in [5, 5.41) is 3.38. The lowest BCUT2D eigenvalue weighted by atomic mass is 9.98. The first-order valence-corrected chi connectivity index (χ1v) is 7.51. The molecule has 1 atom stereocenters. The Labute approximate surface area is 126 Å². The molecule has 116 valence electrons. The van der Waals surface area contributed by atoms with E-state index in [2.05, 4.69) is 18.3 Å². The van der Waals surface area contributed by atoms with Crippen LogP contribution in [0.5, 0.6) is 5.75 Å². The van der Waals surface area contributed by atoms with Gasteiger partial charge in [-0.1, -0.05) is 12.1 Å². The summed E-state index contributed by atoms with van der Waals surface area (Å²) in [6.45, 7) is 6.49. The van der Waals surface area contributed by atoms with E-state index < -0.39 is 5.54 Å². The van der Waals surface area contributed by atoms with Gasteiger partial charge < -0.3 is 9.47 Å². The summed E-state index contributed by atoms with van der Waals surface area (Å²) in [4.78, 5) is 12.0. The van der Waals surface area contributed by atoms with Crippen molar-refractivity contribution in [1.29, 1.82) is 0 Å². The summed E-state index contributed by atoms with van der Waals surface area (Å²) in [7, 11) is 1.43. The Morgan fingerprint density at radius 2 is 2.10 bits per heavy atom. The third-order valence-electron chi connectivity index (χ3n) is 4.15. The molecular formula is C17H25NO3. The smallest absolute Gasteiger partial charge is 0.325 e. The van der Waals surface area contributed by atoms with E-state index in [1.165, 1.54) is 12.7 Å². The second kappa shape index (κ2) is 6.48. The van der Waals surface area contributed by atoms with E-state index in [1.54, 1.807) is 0 Å². The second-order valence-corrected chi connectivity index (χ2v) is 6.04. The summed E-state index contributed by atoms with van der Waals surface area (Å²) in [5.41, 5.74) is 1.68. The van der Waals surface area contributed by atoms with Gasteiger partial charge in [0.1, 0.15) is 11.3 Å². The van der Waals surface area contributed by atoms with Crippen LogP contribution >= 0.6 is 0 Å². The number of carbonyl (C=O) groups is 1. The van der Waals surface area contributed by atoms with Gasteiger partial charge in [-0.3, -0.25) is 10.1 Å². The van der Waals surface area contributed by atoms with Crippen molar-refractivity contribution in [3.05, 3.63) is 29.3 Å². The monoisotopic (exact) mass is 291 g/mol. The van der Waals surface area contributed by atoms with Gasteiger partial charge in [0, 0.05) is 12.5 Å². The lowest BCUT2D eigenvalue weighted by Crippen LogP contribution is -2.52. The van der Waals surface area contributed by atoms with Crippen LogP contribution in [0.15, 0.2) is 18.2 Å². The van der Waals surface area contributed by atoms with Gasteiger partial charge in [-0.05, 0) is 50.8 Å². The van der Waals surface area contributed by atoms with E-state index >= 15 is 0 Å². The molecule has 21 heavy (non-hydrogen) atoms. The molecule has 0 aliphatic heterocycles. The van der Waals surface area contributed by atoms with Gasteiger partial charge in [0.15, 0.2) is 0 Å². The molecule has 1 N–H and O–H groups in total. The van der Waals surface area contributed by atoms with Gasteiger partial charge in [0.05, 0.1) is 13.7 Å². The Bertz CT molecular complexity index is 511. The lowest BCUT2D eigenvalue weighted by molar-refractivity contribution is -0.148. The van der Waals surface area contributed by atoms with Crippen LogP contribution in [0.2, 0.25) is 0 Å². The van der Waals surface area contributed by atoms with E-state index in [-0.39, 0.29) is 5.97 Å². The van der Waals surface area contributed by atoms with Crippen LogP contribution < -0.4 is 10.1 Å². The first-order chi connectivity index (χ1) is 9.96. The average Bonchev–Trinajstić information content (AvgIpc) is 3.26. The zero-order valence-corrected chi connectivity index (χ0v) is 13.4. The lowest BCUT2D eigenvalue weighted by Gasteiger charge is -2.28. The van der Waals surface area contributed by atoms with Crippen LogP contribution in [0.4, 0.5) is 0 Å². The molecule has 0 aromatic heterocycles. The van der Waals surface area contributed by atoms with Gasteiger partial charge in [-0.15, -0.1) is 0 Å². The van der Waals surface area contributed by atoms with Crippen LogP contribution in [0.1, 0.15) is 37.3 Å². The summed E-state index contributed by atoms with van der Waals surface area (Å²) in [6.07, 6.45) is 2.85. The fourth-order valence-corrected chi connectivity index (χ4v) is 2.38. The molecule has 0 saturated heterocycles. The number of methoxy groups -OCH3 is 1. The zero-order valence-electron chi connectivity index (χ0n) is 13.4. The molecule has 1 unspecified atom stereocenters. The van der Waals surface area contributed by atoms with Gasteiger partial charge in [-0.25, -0.2) is 0 Å². The third kappa shape index (κ3) is 3.97. The van der Waals surface area contributed by atoms with Crippen molar-refractivity contribution in [1.82, 2.24) is 5.32 Å². The minimum atomic E-state index is -0.673. The summed E-state index contributed by atoms with van der Waals surface area (Å²) < 4.78 is 10.8. The van der Waals surface area contributed by atoms with Gasteiger partial charge in [-0.2, -0.15) is 0 Å². The maximum absolute atomic E-state index is 12.0. The average molecular weight is 291 g/mol. The minimum absolute atomic E-state index is 0.223. The van der Waals surface area contributed by atoms with Crippen LogP contribution in [0, 0.1) is 13.8 Å². The number of rotatable bonds is 7. The molecule has 2 rings (SSSR count). The van der Waals surface area contributed by atoms with Crippen LogP contribution in [-0.2, 0) is 9.53 Å². The van der Waals surface area contributed by atoms with E-state index in [4.69, 9.17) is 9.47 Å². The number of hydrogen-bond donors (Lipinski definition) is 1. The Kier molecular flexibility index (Phi) is 4.88. The molecule has 0 radical (unpaired) electrons. The SMILES string of the molecule is COC(=O)C(C)(CCOc1cccc(C)c1C)NC1CC1. The fourth-order valence-electron chi connectivity index (χ4n) is 2.38. The zero-order chi connectivity index (χ0) is 15.5. The second-order valence-electron chi connectivity index (χ2n) is 6.04.